The molecule has 7 nitrogen and oxygen atoms in total. The van der Waals surface area contributed by atoms with Gasteiger partial charge in [-0.1, -0.05) is 6.92 Å². The fraction of sp³-hybridized carbons (Fsp3) is 0.500. The van der Waals surface area contributed by atoms with Gasteiger partial charge in [0.15, 0.2) is 0 Å². The van der Waals surface area contributed by atoms with Gasteiger partial charge >= 0.3 is 0 Å². The average Bonchev–Trinajstić information content (AvgIpc) is 3.01. The van der Waals surface area contributed by atoms with Crippen molar-refractivity contribution >= 4 is 17.5 Å². The normalized spacial score (nSPS) is 19.3. The Balaban J connectivity index is 1.96. The summed E-state index contributed by atoms with van der Waals surface area (Å²) in [5.41, 5.74) is 0. The highest BCUT2D eigenvalue weighted by molar-refractivity contribution is 6.28. The highest BCUT2D eigenvalue weighted by Crippen LogP contribution is 2.19. The maximum absolute atomic E-state index is 6.02. The van der Waals surface area contributed by atoms with E-state index in [4.69, 9.17) is 16.3 Å². The van der Waals surface area contributed by atoms with E-state index in [0.29, 0.717) is 25.1 Å². The second-order valence-corrected chi connectivity index (χ2v) is 4.84. The van der Waals surface area contributed by atoms with E-state index in [9.17, 15) is 0 Å². The zero-order valence-corrected chi connectivity index (χ0v) is 11.9. The zero-order chi connectivity index (χ0) is 13.9. The maximum Gasteiger partial charge on any atom is 0.241 e. The first-order valence-corrected chi connectivity index (χ1v) is 6.90. The molecule has 1 saturated heterocycles. The van der Waals surface area contributed by atoms with E-state index < -0.39 is 0 Å². The van der Waals surface area contributed by atoms with Crippen LogP contribution in [-0.4, -0.2) is 50.3 Å². The van der Waals surface area contributed by atoms with Gasteiger partial charge in [-0.25, -0.2) is 4.98 Å². The summed E-state index contributed by atoms with van der Waals surface area (Å²) in [5, 5.41) is 0.181. The van der Waals surface area contributed by atoms with Crippen molar-refractivity contribution < 1.29 is 4.74 Å². The lowest BCUT2D eigenvalue weighted by molar-refractivity contribution is 0.0921. The van der Waals surface area contributed by atoms with Gasteiger partial charge in [0.1, 0.15) is 6.33 Å². The molecule has 0 aliphatic carbocycles. The molecule has 2 aromatic heterocycles. The van der Waals surface area contributed by atoms with Crippen LogP contribution in [0.15, 0.2) is 18.7 Å². The van der Waals surface area contributed by atoms with E-state index >= 15 is 0 Å². The van der Waals surface area contributed by atoms with Crippen LogP contribution in [0.5, 0.6) is 0 Å². The second kappa shape index (κ2) is 5.72. The zero-order valence-electron chi connectivity index (χ0n) is 11.1. The Hall–Kier alpha value is -1.73. The van der Waals surface area contributed by atoms with Crippen molar-refractivity contribution in [2.24, 2.45) is 0 Å². The Morgan fingerprint density at radius 3 is 2.95 bits per heavy atom. The third-order valence-electron chi connectivity index (χ3n) is 3.28. The molecule has 20 heavy (non-hydrogen) atoms. The number of anilines is 1. The van der Waals surface area contributed by atoms with Crippen LogP contribution in [-0.2, 0) is 4.74 Å². The van der Waals surface area contributed by atoms with Crippen molar-refractivity contribution in [2.45, 2.75) is 19.4 Å². The fourth-order valence-corrected chi connectivity index (χ4v) is 2.36. The quantitative estimate of drug-likeness (QED) is 0.850. The molecule has 1 atom stereocenters. The van der Waals surface area contributed by atoms with E-state index in [1.165, 1.54) is 0 Å². The van der Waals surface area contributed by atoms with Crippen LogP contribution in [0.1, 0.15) is 13.3 Å². The summed E-state index contributed by atoms with van der Waals surface area (Å²) >= 11 is 6.02. The monoisotopic (exact) mass is 294 g/mol. The first kappa shape index (κ1) is 13.3. The van der Waals surface area contributed by atoms with Crippen molar-refractivity contribution in [3.8, 4) is 5.95 Å². The van der Waals surface area contributed by atoms with E-state index in [-0.39, 0.29) is 11.3 Å². The minimum atomic E-state index is 0.181. The van der Waals surface area contributed by atoms with Crippen LogP contribution in [0.4, 0.5) is 5.95 Å². The number of rotatable bonds is 3. The molecule has 0 N–H and O–H groups in total. The van der Waals surface area contributed by atoms with Crippen molar-refractivity contribution in [2.75, 3.05) is 24.7 Å². The molecule has 0 aromatic carbocycles. The maximum atomic E-state index is 6.02. The van der Waals surface area contributed by atoms with Gasteiger partial charge in [-0.05, 0) is 18.0 Å². The van der Waals surface area contributed by atoms with Crippen molar-refractivity contribution in [1.82, 2.24) is 24.5 Å². The van der Waals surface area contributed by atoms with Crippen molar-refractivity contribution in [1.29, 1.82) is 0 Å². The summed E-state index contributed by atoms with van der Waals surface area (Å²) in [6.45, 7) is 4.22. The number of hydrogen-bond acceptors (Lipinski definition) is 6. The van der Waals surface area contributed by atoms with Crippen LogP contribution in [0, 0.1) is 0 Å². The molecule has 0 spiro atoms. The lowest BCUT2D eigenvalue weighted by Gasteiger charge is -2.35. The minimum absolute atomic E-state index is 0.181. The number of hydrogen-bond donors (Lipinski definition) is 0. The third-order valence-corrected chi connectivity index (χ3v) is 3.44. The number of imidazole rings is 1. The molecule has 0 bridgehead atoms. The summed E-state index contributed by atoms with van der Waals surface area (Å²) in [6.07, 6.45) is 6.03. The van der Waals surface area contributed by atoms with E-state index in [0.717, 1.165) is 13.0 Å². The molecule has 8 heteroatoms. The molecule has 3 heterocycles. The molecule has 1 fully saturated rings. The number of morpholine rings is 1. The summed E-state index contributed by atoms with van der Waals surface area (Å²) in [4.78, 5) is 19.0. The van der Waals surface area contributed by atoms with Gasteiger partial charge in [0, 0.05) is 18.9 Å². The summed E-state index contributed by atoms with van der Waals surface area (Å²) in [6, 6.07) is 0.262. The Bertz CT molecular complexity index is 575. The molecule has 1 aliphatic heterocycles. The van der Waals surface area contributed by atoms with Gasteiger partial charge < -0.3 is 9.64 Å². The lowest BCUT2D eigenvalue weighted by atomic mass is 10.2. The largest absolute Gasteiger partial charge is 0.377 e. The summed E-state index contributed by atoms with van der Waals surface area (Å²) < 4.78 is 7.20. The molecule has 0 saturated carbocycles. The minimum Gasteiger partial charge on any atom is -0.377 e. The van der Waals surface area contributed by atoms with Gasteiger partial charge in [0.05, 0.1) is 19.3 Å². The van der Waals surface area contributed by atoms with Crippen LogP contribution in [0.2, 0.25) is 5.28 Å². The summed E-state index contributed by atoms with van der Waals surface area (Å²) in [7, 11) is 0. The van der Waals surface area contributed by atoms with Crippen molar-refractivity contribution in [3.63, 3.8) is 0 Å². The van der Waals surface area contributed by atoms with Crippen LogP contribution >= 0.6 is 11.6 Å². The van der Waals surface area contributed by atoms with E-state index in [2.05, 4.69) is 31.8 Å². The highest BCUT2D eigenvalue weighted by atomic mass is 35.5. The molecular formula is C12H15ClN6O. The van der Waals surface area contributed by atoms with Gasteiger partial charge in [0.25, 0.3) is 0 Å². The van der Waals surface area contributed by atoms with E-state index in [1.54, 1.807) is 23.3 Å². The number of nitrogens with zero attached hydrogens (tertiary/aromatic N) is 6. The van der Waals surface area contributed by atoms with Gasteiger partial charge in [-0.2, -0.15) is 15.0 Å². The van der Waals surface area contributed by atoms with Gasteiger partial charge in [-0.3, -0.25) is 4.57 Å². The third kappa shape index (κ3) is 2.59. The lowest BCUT2D eigenvalue weighted by Crippen LogP contribution is -2.46. The number of halogens is 1. The topological polar surface area (TPSA) is 69.0 Å². The van der Waals surface area contributed by atoms with Crippen LogP contribution < -0.4 is 4.90 Å². The molecule has 0 amide bonds. The molecule has 1 aliphatic rings. The molecule has 3 rings (SSSR count). The number of aromatic nitrogens is 5. The Morgan fingerprint density at radius 1 is 1.35 bits per heavy atom. The molecule has 1 unspecified atom stereocenters. The average molecular weight is 295 g/mol. The first-order valence-electron chi connectivity index (χ1n) is 6.52. The predicted molar refractivity (Wildman–Crippen MR) is 74.2 cm³/mol. The first-order chi connectivity index (χ1) is 9.78. The smallest absolute Gasteiger partial charge is 0.241 e. The highest BCUT2D eigenvalue weighted by Gasteiger charge is 2.24. The SMILES string of the molecule is CCC1COCCN1c1nc(Cl)nc(-n2ccnc2)n1. The molecule has 106 valence electrons. The Labute approximate surface area is 121 Å². The molecule has 0 radical (unpaired) electrons. The standard InChI is InChI=1S/C12H15ClN6O/c1-2-9-7-20-6-5-19(9)12-16-10(13)15-11(17-12)18-4-3-14-8-18/h3-4,8-9H,2,5-7H2,1H3. The van der Waals surface area contributed by atoms with Crippen molar-refractivity contribution in [3.05, 3.63) is 24.0 Å². The fourth-order valence-electron chi connectivity index (χ4n) is 2.21. The molecule has 2 aromatic rings. The van der Waals surface area contributed by atoms with E-state index in [1.807, 2.05) is 0 Å². The predicted octanol–water partition coefficient (Wildman–Crippen LogP) is 1.33. The van der Waals surface area contributed by atoms with Gasteiger partial charge in [0.2, 0.25) is 17.2 Å². The van der Waals surface area contributed by atoms with Gasteiger partial charge in [-0.15, -0.1) is 0 Å². The molecular weight excluding hydrogens is 280 g/mol. The van der Waals surface area contributed by atoms with Crippen LogP contribution in [0.25, 0.3) is 5.95 Å². The number of ether oxygens (including phenoxy) is 1. The summed E-state index contributed by atoms with van der Waals surface area (Å²) in [5.74, 6) is 1.06. The Morgan fingerprint density at radius 2 is 2.20 bits per heavy atom. The second-order valence-electron chi connectivity index (χ2n) is 4.50. The Kier molecular flexibility index (Phi) is 3.79. The van der Waals surface area contributed by atoms with Crippen LogP contribution in [0.3, 0.4) is 0 Å².